The Hall–Kier alpha value is -1.59. The minimum atomic E-state index is -0.273. The number of amides is 1. The summed E-state index contributed by atoms with van der Waals surface area (Å²) in [6, 6.07) is 5.25. The van der Waals surface area contributed by atoms with E-state index in [4.69, 9.17) is 17.3 Å². The Bertz CT molecular complexity index is 688. The summed E-state index contributed by atoms with van der Waals surface area (Å²) in [7, 11) is 0. The van der Waals surface area contributed by atoms with Gasteiger partial charge in [0.15, 0.2) is 5.15 Å². The molecule has 0 fully saturated rings. The molecule has 0 saturated carbocycles. The Morgan fingerprint density at radius 1 is 1.35 bits per heavy atom. The minimum Gasteiger partial charge on any atom is -0.398 e. The van der Waals surface area contributed by atoms with Crippen LogP contribution in [0.5, 0.6) is 0 Å². The second kappa shape index (κ2) is 5.81. The van der Waals surface area contributed by atoms with Gasteiger partial charge in [0.05, 0.1) is 5.69 Å². The zero-order valence-electron chi connectivity index (χ0n) is 11.0. The van der Waals surface area contributed by atoms with Crippen molar-refractivity contribution in [1.82, 2.24) is 4.98 Å². The first-order valence-electron chi connectivity index (χ1n) is 5.87. The summed E-state index contributed by atoms with van der Waals surface area (Å²) in [6.45, 7) is 3.67. The fraction of sp³-hybridized carbons (Fsp3) is 0.143. The van der Waals surface area contributed by atoms with Gasteiger partial charge < -0.3 is 11.1 Å². The van der Waals surface area contributed by atoms with Gasteiger partial charge in [0.2, 0.25) is 0 Å². The average Bonchev–Trinajstić information content (AvgIpc) is 2.38. The highest BCUT2D eigenvalue weighted by atomic mass is 79.9. The summed E-state index contributed by atoms with van der Waals surface area (Å²) < 4.78 is 0.749. The van der Waals surface area contributed by atoms with E-state index in [1.54, 1.807) is 31.3 Å². The first-order valence-corrected chi connectivity index (χ1v) is 7.04. The van der Waals surface area contributed by atoms with E-state index < -0.39 is 0 Å². The molecule has 20 heavy (non-hydrogen) atoms. The van der Waals surface area contributed by atoms with E-state index in [1.165, 1.54) is 0 Å². The molecule has 0 radical (unpaired) electrons. The molecule has 0 unspecified atom stereocenters. The second-order valence-electron chi connectivity index (χ2n) is 4.47. The fourth-order valence-electron chi connectivity index (χ4n) is 1.77. The van der Waals surface area contributed by atoms with E-state index in [0.29, 0.717) is 16.9 Å². The van der Waals surface area contributed by atoms with Crippen molar-refractivity contribution in [3.63, 3.8) is 0 Å². The van der Waals surface area contributed by atoms with Gasteiger partial charge in [-0.25, -0.2) is 4.98 Å². The summed E-state index contributed by atoms with van der Waals surface area (Å²) in [5.41, 5.74) is 9.02. The number of nitrogens with two attached hydrogens (primary N) is 1. The maximum Gasteiger partial charge on any atom is 0.256 e. The van der Waals surface area contributed by atoms with Crippen molar-refractivity contribution in [3.05, 3.63) is 50.7 Å². The lowest BCUT2D eigenvalue weighted by Crippen LogP contribution is -2.15. The number of halogens is 2. The number of nitrogens with zero attached hydrogens (tertiary/aromatic N) is 1. The van der Waals surface area contributed by atoms with Crippen LogP contribution in [0.15, 0.2) is 28.9 Å². The van der Waals surface area contributed by atoms with E-state index in [0.717, 1.165) is 15.6 Å². The molecule has 2 rings (SSSR count). The van der Waals surface area contributed by atoms with Gasteiger partial charge in [-0.05, 0) is 43.2 Å². The summed E-state index contributed by atoms with van der Waals surface area (Å²) >= 11 is 9.30. The summed E-state index contributed by atoms with van der Waals surface area (Å²) in [6.07, 6.45) is 1.64. The van der Waals surface area contributed by atoms with Crippen LogP contribution in [0.25, 0.3) is 0 Å². The number of rotatable bonds is 2. The summed E-state index contributed by atoms with van der Waals surface area (Å²) in [5, 5.41) is 3.01. The lowest BCUT2D eigenvalue weighted by atomic mass is 10.1. The van der Waals surface area contributed by atoms with Gasteiger partial charge in [0.25, 0.3) is 5.91 Å². The first kappa shape index (κ1) is 14.8. The largest absolute Gasteiger partial charge is 0.398 e. The Kier molecular flexibility index (Phi) is 4.30. The quantitative estimate of drug-likeness (QED) is 0.634. The lowest BCUT2D eigenvalue weighted by Gasteiger charge is -2.11. The van der Waals surface area contributed by atoms with Gasteiger partial charge >= 0.3 is 0 Å². The molecule has 4 nitrogen and oxygen atoms in total. The maximum absolute atomic E-state index is 12.3. The van der Waals surface area contributed by atoms with Crippen LogP contribution in [0.4, 0.5) is 11.4 Å². The molecule has 6 heteroatoms. The van der Waals surface area contributed by atoms with Crippen LogP contribution in [-0.4, -0.2) is 10.9 Å². The number of pyridine rings is 1. The molecule has 104 valence electrons. The van der Waals surface area contributed by atoms with Crippen molar-refractivity contribution in [1.29, 1.82) is 0 Å². The highest BCUT2D eigenvalue weighted by Crippen LogP contribution is 2.25. The zero-order chi connectivity index (χ0) is 14.9. The van der Waals surface area contributed by atoms with E-state index >= 15 is 0 Å². The number of carbonyl (C=O) groups is 1. The molecular formula is C14H13BrClN3O. The molecule has 0 aliphatic heterocycles. The normalized spacial score (nSPS) is 10.4. The fourth-order valence-corrected chi connectivity index (χ4v) is 2.39. The number of aryl methyl sites for hydroxylation is 1. The molecule has 0 spiro atoms. The Morgan fingerprint density at radius 3 is 2.75 bits per heavy atom. The van der Waals surface area contributed by atoms with Gasteiger partial charge in [-0.2, -0.15) is 0 Å². The molecule has 1 heterocycles. The predicted octanol–water partition coefficient (Wildman–Crippen LogP) is 3.95. The maximum atomic E-state index is 12.3. The van der Waals surface area contributed by atoms with Gasteiger partial charge in [-0.1, -0.05) is 27.5 Å². The molecule has 0 aliphatic carbocycles. The van der Waals surface area contributed by atoms with Gasteiger partial charge in [-0.3, -0.25) is 4.79 Å². The number of hydrogen-bond donors (Lipinski definition) is 2. The summed E-state index contributed by atoms with van der Waals surface area (Å²) in [4.78, 5) is 16.3. The third-order valence-corrected chi connectivity index (χ3v) is 3.64. The Balaban J connectivity index is 2.35. The molecule has 0 atom stereocenters. The lowest BCUT2D eigenvalue weighted by molar-refractivity contribution is 0.102. The molecule has 0 bridgehead atoms. The third-order valence-electron chi connectivity index (χ3n) is 2.88. The SMILES string of the molecule is Cc1cnc(Cl)c(NC(=O)c2cc(Br)cc(N)c2C)c1. The number of carbonyl (C=O) groups excluding carboxylic acids is 1. The van der Waals surface area contributed by atoms with Crippen LogP contribution in [0.1, 0.15) is 21.5 Å². The smallest absolute Gasteiger partial charge is 0.256 e. The molecule has 1 amide bonds. The molecule has 0 saturated heterocycles. The molecule has 2 aromatic rings. The molecule has 1 aromatic carbocycles. The topological polar surface area (TPSA) is 68.0 Å². The van der Waals surface area contributed by atoms with E-state index in [2.05, 4.69) is 26.2 Å². The highest BCUT2D eigenvalue weighted by molar-refractivity contribution is 9.10. The first-order chi connectivity index (χ1) is 9.38. The molecule has 1 aromatic heterocycles. The van der Waals surface area contributed by atoms with Crippen molar-refractivity contribution in [2.45, 2.75) is 13.8 Å². The Labute approximate surface area is 130 Å². The van der Waals surface area contributed by atoms with Crippen molar-refractivity contribution in [2.75, 3.05) is 11.1 Å². The number of aromatic nitrogens is 1. The number of nitrogens with one attached hydrogen (secondary N) is 1. The van der Waals surface area contributed by atoms with Crippen molar-refractivity contribution >= 4 is 44.8 Å². The van der Waals surface area contributed by atoms with Crippen molar-refractivity contribution in [3.8, 4) is 0 Å². The zero-order valence-corrected chi connectivity index (χ0v) is 13.3. The number of hydrogen-bond acceptors (Lipinski definition) is 3. The van der Waals surface area contributed by atoms with E-state index in [-0.39, 0.29) is 11.1 Å². The van der Waals surface area contributed by atoms with Crippen LogP contribution >= 0.6 is 27.5 Å². The van der Waals surface area contributed by atoms with E-state index in [9.17, 15) is 4.79 Å². The van der Waals surface area contributed by atoms with Crippen LogP contribution in [0.3, 0.4) is 0 Å². The van der Waals surface area contributed by atoms with Crippen LogP contribution in [-0.2, 0) is 0 Å². The van der Waals surface area contributed by atoms with Gasteiger partial charge in [-0.15, -0.1) is 0 Å². The monoisotopic (exact) mass is 353 g/mol. The molecule has 3 N–H and O–H groups in total. The number of nitrogen functional groups attached to an aromatic ring is 1. The van der Waals surface area contributed by atoms with Crippen molar-refractivity contribution in [2.24, 2.45) is 0 Å². The standard InChI is InChI=1S/C14H13BrClN3O/c1-7-3-12(13(16)18-6-7)19-14(20)10-4-9(15)5-11(17)8(10)2/h3-6H,17H2,1-2H3,(H,19,20). The highest BCUT2D eigenvalue weighted by Gasteiger charge is 2.14. The van der Waals surface area contributed by atoms with Crippen LogP contribution < -0.4 is 11.1 Å². The van der Waals surface area contributed by atoms with Crippen LogP contribution in [0.2, 0.25) is 5.15 Å². The van der Waals surface area contributed by atoms with E-state index in [1.807, 2.05) is 6.92 Å². The molecule has 0 aliphatic rings. The number of anilines is 2. The van der Waals surface area contributed by atoms with Crippen molar-refractivity contribution < 1.29 is 4.79 Å². The second-order valence-corrected chi connectivity index (χ2v) is 5.75. The molecular weight excluding hydrogens is 342 g/mol. The minimum absolute atomic E-state index is 0.254. The van der Waals surface area contributed by atoms with Gasteiger partial charge in [0, 0.05) is 21.9 Å². The number of benzene rings is 1. The van der Waals surface area contributed by atoms with Crippen LogP contribution in [0, 0.1) is 13.8 Å². The predicted molar refractivity (Wildman–Crippen MR) is 85.2 cm³/mol. The average molecular weight is 355 g/mol. The third kappa shape index (κ3) is 3.11. The Morgan fingerprint density at radius 2 is 2.05 bits per heavy atom. The van der Waals surface area contributed by atoms with Gasteiger partial charge in [0.1, 0.15) is 0 Å². The summed E-state index contributed by atoms with van der Waals surface area (Å²) in [5.74, 6) is -0.273.